The molecule has 1 N–H and O–H groups in total. The van der Waals surface area contributed by atoms with E-state index in [2.05, 4.69) is 10.3 Å². The number of benzene rings is 2. The SMILES string of the molecule is CCOc1ccc(-c2c(C)sc3nc(C)n(CC(=O)Nc4ccc(C)cc4)c(=O)c23)cc1. The third-order valence-corrected chi connectivity index (χ3v) is 6.27. The number of nitrogens with one attached hydrogen (secondary N) is 1. The van der Waals surface area contributed by atoms with Crippen molar-refractivity contribution >= 4 is 33.1 Å². The molecule has 164 valence electrons. The predicted molar refractivity (Wildman–Crippen MR) is 130 cm³/mol. The van der Waals surface area contributed by atoms with Gasteiger partial charge in [0.05, 0.1) is 12.0 Å². The Bertz CT molecular complexity index is 1340. The monoisotopic (exact) mass is 447 g/mol. The number of carbonyl (C=O) groups excluding carboxylic acids is 1. The van der Waals surface area contributed by atoms with Crippen molar-refractivity contribution in [1.29, 1.82) is 0 Å². The van der Waals surface area contributed by atoms with Crippen LogP contribution in [0.3, 0.4) is 0 Å². The van der Waals surface area contributed by atoms with Crippen LogP contribution in [0.25, 0.3) is 21.3 Å². The number of carbonyl (C=O) groups is 1. The molecular formula is C25H25N3O3S. The van der Waals surface area contributed by atoms with Gasteiger partial charge in [-0.05, 0) is 57.5 Å². The molecule has 1 amide bonds. The van der Waals surface area contributed by atoms with E-state index in [1.807, 2.05) is 69.3 Å². The number of nitrogens with zero attached hydrogens (tertiary/aromatic N) is 2. The molecule has 4 rings (SSSR count). The first-order valence-electron chi connectivity index (χ1n) is 10.5. The molecule has 0 unspecified atom stereocenters. The van der Waals surface area contributed by atoms with Gasteiger partial charge in [-0.1, -0.05) is 29.8 Å². The lowest BCUT2D eigenvalue weighted by molar-refractivity contribution is -0.116. The van der Waals surface area contributed by atoms with E-state index >= 15 is 0 Å². The minimum atomic E-state index is -0.269. The Morgan fingerprint density at radius 1 is 1.06 bits per heavy atom. The van der Waals surface area contributed by atoms with Crippen LogP contribution >= 0.6 is 11.3 Å². The molecule has 0 aliphatic carbocycles. The van der Waals surface area contributed by atoms with Crippen molar-refractivity contribution in [3.05, 3.63) is 75.1 Å². The van der Waals surface area contributed by atoms with Crippen molar-refractivity contribution in [2.75, 3.05) is 11.9 Å². The van der Waals surface area contributed by atoms with Gasteiger partial charge in [0.2, 0.25) is 5.91 Å². The number of fused-ring (bicyclic) bond motifs is 1. The molecule has 0 saturated carbocycles. The summed E-state index contributed by atoms with van der Waals surface area (Å²) in [6, 6.07) is 15.2. The summed E-state index contributed by atoms with van der Waals surface area (Å²) >= 11 is 1.49. The van der Waals surface area contributed by atoms with E-state index in [9.17, 15) is 9.59 Å². The van der Waals surface area contributed by atoms with Crippen LogP contribution in [0.5, 0.6) is 5.75 Å². The summed E-state index contributed by atoms with van der Waals surface area (Å²) in [4.78, 5) is 32.5. The quantitative estimate of drug-likeness (QED) is 0.447. The summed E-state index contributed by atoms with van der Waals surface area (Å²) < 4.78 is 6.97. The third-order valence-electron chi connectivity index (χ3n) is 5.27. The smallest absolute Gasteiger partial charge is 0.263 e. The van der Waals surface area contributed by atoms with Gasteiger partial charge in [0, 0.05) is 16.1 Å². The minimum absolute atomic E-state index is 0.0981. The first-order chi connectivity index (χ1) is 15.4. The van der Waals surface area contributed by atoms with Crippen LogP contribution < -0.4 is 15.6 Å². The van der Waals surface area contributed by atoms with E-state index in [0.29, 0.717) is 28.3 Å². The number of amides is 1. The van der Waals surface area contributed by atoms with Gasteiger partial charge in [0.25, 0.3) is 5.56 Å². The highest BCUT2D eigenvalue weighted by Crippen LogP contribution is 2.36. The normalized spacial score (nSPS) is 11.0. The Hall–Kier alpha value is -3.45. The topological polar surface area (TPSA) is 73.2 Å². The number of thiophene rings is 1. The average Bonchev–Trinajstić information content (AvgIpc) is 3.09. The second-order valence-corrected chi connectivity index (χ2v) is 8.84. The van der Waals surface area contributed by atoms with E-state index < -0.39 is 0 Å². The number of hydrogen-bond donors (Lipinski definition) is 1. The molecular weight excluding hydrogens is 422 g/mol. The molecule has 0 radical (unpaired) electrons. The highest BCUT2D eigenvalue weighted by atomic mass is 32.1. The van der Waals surface area contributed by atoms with Crippen molar-refractivity contribution in [3.8, 4) is 16.9 Å². The maximum atomic E-state index is 13.5. The molecule has 2 aromatic carbocycles. The van der Waals surface area contributed by atoms with Gasteiger partial charge in [0.15, 0.2) is 0 Å². The molecule has 2 heterocycles. The minimum Gasteiger partial charge on any atom is -0.494 e. The fourth-order valence-corrected chi connectivity index (χ4v) is 4.78. The summed E-state index contributed by atoms with van der Waals surface area (Å²) in [5, 5.41) is 3.40. The Morgan fingerprint density at radius 3 is 2.41 bits per heavy atom. The standard InChI is InChI=1S/C25H25N3O3S/c1-5-31-20-12-8-18(9-13-20)22-16(3)32-24-23(22)25(30)28(17(4)26-24)14-21(29)27-19-10-6-15(2)7-11-19/h6-13H,5,14H2,1-4H3,(H,27,29). The summed E-state index contributed by atoms with van der Waals surface area (Å²) in [5.41, 5.74) is 3.38. The van der Waals surface area contributed by atoms with Crippen LogP contribution in [0.4, 0.5) is 5.69 Å². The number of anilines is 1. The van der Waals surface area contributed by atoms with Gasteiger partial charge in [0.1, 0.15) is 22.9 Å². The lowest BCUT2D eigenvalue weighted by Crippen LogP contribution is -2.30. The van der Waals surface area contributed by atoms with Crippen LogP contribution in [0.15, 0.2) is 53.3 Å². The number of rotatable bonds is 6. The maximum absolute atomic E-state index is 13.5. The molecule has 2 aromatic heterocycles. The molecule has 0 bridgehead atoms. The Labute approximate surface area is 190 Å². The lowest BCUT2D eigenvalue weighted by atomic mass is 10.0. The zero-order valence-electron chi connectivity index (χ0n) is 18.6. The van der Waals surface area contributed by atoms with Crippen molar-refractivity contribution in [1.82, 2.24) is 9.55 Å². The average molecular weight is 448 g/mol. The number of aryl methyl sites for hydroxylation is 3. The number of ether oxygens (including phenoxy) is 1. The van der Waals surface area contributed by atoms with E-state index in [1.165, 1.54) is 15.9 Å². The molecule has 0 fully saturated rings. The van der Waals surface area contributed by atoms with Crippen LogP contribution in [0.2, 0.25) is 0 Å². The van der Waals surface area contributed by atoms with Crippen molar-refractivity contribution in [3.63, 3.8) is 0 Å². The van der Waals surface area contributed by atoms with Gasteiger partial charge in [-0.25, -0.2) is 4.98 Å². The molecule has 4 aromatic rings. The molecule has 32 heavy (non-hydrogen) atoms. The molecule has 0 saturated heterocycles. The van der Waals surface area contributed by atoms with Crippen LogP contribution in [-0.4, -0.2) is 22.1 Å². The van der Waals surface area contributed by atoms with Crippen LogP contribution in [-0.2, 0) is 11.3 Å². The zero-order chi connectivity index (χ0) is 22.8. The summed E-state index contributed by atoms with van der Waals surface area (Å²) in [6.07, 6.45) is 0. The largest absolute Gasteiger partial charge is 0.494 e. The molecule has 6 nitrogen and oxygen atoms in total. The fourth-order valence-electron chi connectivity index (χ4n) is 3.70. The van der Waals surface area contributed by atoms with Crippen LogP contribution in [0, 0.1) is 20.8 Å². The highest BCUT2D eigenvalue weighted by Gasteiger charge is 2.19. The highest BCUT2D eigenvalue weighted by molar-refractivity contribution is 7.19. The Morgan fingerprint density at radius 2 is 1.75 bits per heavy atom. The van der Waals surface area contributed by atoms with Crippen LogP contribution in [0.1, 0.15) is 23.2 Å². The van der Waals surface area contributed by atoms with E-state index in [-0.39, 0.29) is 18.0 Å². The second-order valence-electron chi connectivity index (χ2n) is 7.64. The van der Waals surface area contributed by atoms with E-state index in [1.54, 1.807) is 6.92 Å². The third kappa shape index (κ3) is 4.29. The van der Waals surface area contributed by atoms with Crippen molar-refractivity contribution < 1.29 is 9.53 Å². The lowest BCUT2D eigenvalue weighted by Gasteiger charge is -2.11. The van der Waals surface area contributed by atoms with Gasteiger partial charge in [-0.15, -0.1) is 11.3 Å². The first-order valence-corrected chi connectivity index (χ1v) is 11.3. The fraction of sp³-hybridized carbons (Fsp3) is 0.240. The van der Waals surface area contributed by atoms with Crippen molar-refractivity contribution in [2.24, 2.45) is 0 Å². The van der Waals surface area contributed by atoms with Crippen molar-refractivity contribution in [2.45, 2.75) is 34.2 Å². The molecule has 0 aliphatic heterocycles. The Balaban J connectivity index is 1.71. The van der Waals surface area contributed by atoms with E-state index in [4.69, 9.17) is 4.74 Å². The molecule has 0 atom stereocenters. The summed E-state index contributed by atoms with van der Waals surface area (Å²) in [7, 11) is 0. The molecule has 0 aliphatic rings. The van der Waals surface area contributed by atoms with Gasteiger partial charge in [-0.3, -0.25) is 14.2 Å². The predicted octanol–water partition coefficient (Wildman–Crippen LogP) is 5.09. The summed E-state index contributed by atoms with van der Waals surface area (Å²) in [5.74, 6) is 1.03. The zero-order valence-corrected chi connectivity index (χ0v) is 19.4. The maximum Gasteiger partial charge on any atom is 0.263 e. The molecule has 7 heteroatoms. The van der Waals surface area contributed by atoms with Gasteiger partial charge >= 0.3 is 0 Å². The van der Waals surface area contributed by atoms with Gasteiger partial charge in [-0.2, -0.15) is 0 Å². The van der Waals surface area contributed by atoms with Gasteiger partial charge < -0.3 is 10.1 Å². The second kappa shape index (κ2) is 8.96. The number of hydrogen-bond acceptors (Lipinski definition) is 5. The van der Waals surface area contributed by atoms with E-state index in [0.717, 1.165) is 27.3 Å². The first kappa shape index (κ1) is 21.8. The number of aromatic nitrogens is 2. The summed E-state index contributed by atoms with van der Waals surface area (Å²) in [6.45, 7) is 8.17. The Kier molecular flexibility index (Phi) is 6.10. The molecule has 0 spiro atoms.